The van der Waals surface area contributed by atoms with Crippen molar-refractivity contribution in [3.8, 4) is 5.75 Å². The molecule has 0 aliphatic rings. The van der Waals surface area contributed by atoms with Gasteiger partial charge in [0.15, 0.2) is 6.61 Å². The van der Waals surface area contributed by atoms with Gasteiger partial charge in [-0.3, -0.25) is 4.79 Å². The number of carbonyl (C=O) groups excluding carboxylic acids is 2. The zero-order chi connectivity index (χ0) is 20.7. The molecule has 0 radical (unpaired) electrons. The number of nitrogens with one attached hydrogen (secondary N) is 1. The van der Waals surface area contributed by atoms with E-state index in [0.29, 0.717) is 16.9 Å². The number of hydrogen-bond acceptors (Lipinski definition) is 7. The van der Waals surface area contributed by atoms with E-state index in [1.807, 2.05) is 0 Å². The van der Waals surface area contributed by atoms with E-state index in [1.165, 1.54) is 17.8 Å². The molecule has 1 aromatic heterocycles. The molecule has 7 nitrogen and oxygen atoms in total. The Morgan fingerprint density at radius 1 is 1.36 bits per heavy atom. The monoisotopic (exact) mass is 406 g/mol. The van der Waals surface area contributed by atoms with Crippen LogP contribution in [-0.2, 0) is 16.0 Å². The number of unbranched alkanes of at least 4 members (excludes halogenated alkanes) is 1. The SMILES string of the molecule is CCCCc1cc(=O)oc2c(C)c(OCC(=O)N[C@@H](CSC)C(=O)[O-])ccc12. The lowest BCUT2D eigenvalue weighted by Gasteiger charge is -2.19. The third-order valence-electron chi connectivity index (χ3n) is 4.31. The lowest BCUT2D eigenvalue weighted by molar-refractivity contribution is -0.307. The smallest absolute Gasteiger partial charge is 0.336 e. The Morgan fingerprint density at radius 3 is 2.75 bits per heavy atom. The van der Waals surface area contributed by atoms with Crippen LogP contribution in [0.15, 0.2) is 27.4 Å². The van der Waals surface area contributed by atoms with Gasteiger partial charge in [0, 0.05) is 22.8 Å². The highest BCUT2D eigenvalue weighted by Crippen LogP contribution is 2.29. The Morgan fingerprint density at radius 2 is 2.11 bits per heavy atom. The van der Waals surface area contributed by atoms with Crippen molar-refractivity contribution in [2.45, 2.75) is 39.2 Å². The van der Waals surface area contributed by atoms with Crippen LogP contribution < -0.4 is 20.8 Å². The van der Waals surface area contributed by atoms with Gasteiger partial charge in [-0.25, -0.2) is 4.79 Å². The van der Waals surface area contributed by atoms with Gasteiger partial charge in [0.2, 0.25) is 0 Å². The molecule has 0 unspecified atom stereocenters. The van der Waals surface area contributed by atoms with E-state index in [9.17, 15) is 19.5 Å². The fourth-order valence-corrected chi connectivity index (χ4v) is 3.41. The molecule has 0 saturated carbocycles. The highest BCUT2D eigenvalue weighted by atomic mass is 32.2. The molecule has 0 fully saturated rings. The van der Waals surface area contributed by atoms with Crippen molar-refractivity contribution in [2.75, 3.05) is 18.6 Å². The van der Waals surface area contributed by atoms with E-state index >= 15 is 0 Å². The Bertz CT molecular complexity index is 907. The Labute approximate surface area is 167 Å². The third-order valence-corrected chi connectivity index (χ3v) is 4.98. The number of rotatable bonds is 10. The average Bonchev–Trinajstić information content (AvgIpc) is 2.65. The van der Waals surface area contributed by atoms with Gasteiger partial charge in [-0.2, -0.15) is 11.8 Å². The minimum absolute atomic E-state index is 0.203. The summed E-state index contributed by atoms with van der Waals surface area (Å²) < 4.78 is 10.9. The Kier molecular flexibility index (Phi) is 7.92. The predicted octanol–water partition coefficient (Wildman–Crippen LogP) is 1.42. The van der Waals surface area contributed by atoms with E-state index in [2.05, 4.69) is 12.2 Å². The summed E-state index contributed by atoms with van der Waals surface area (Å²) in [5.41, 5.74) is 1.55. The molecule has 0 bridgehead atoms. The van der Waals surface area contributed by atoms with Crippen molar-refractivity contribution in [1.29, 1.82) is 0 Å². The van der Waals surface area contributed by atoms with Gasteiger partial charge in [0.1, 0.15) is 11.3 Å². The molecule has 1 aromatic carbocycles. The van der Waals surface area contributed by atoms with Gasteiger partial charge in [-0.05, 0) is 43.7 Å². The number of aryl methyl sites for hydroxylation is 2. The summed E-state index contributed by atoms with van der Waals surface area (Å²) in [6.45, 7) is 3.48. The van der Waals surface area contributed by atoms with Crippen LogP contribution in [0.3, 0.4) is 0 Å². The molecular formula is C20H24NO6S-. The highest BCUT2D eigenvalue weighted by molar-refractivity contribution is 7.98. The molecule has 0 aliphatic heterocycles. The summed E-state index contributed by atoms with van der Waals surface area (Å²) in [6.07, 6.45) is 4.49. The van der Waals surface area contributed by atoms with Gasteiger partial charge < -0.3 is 24.4 Å². The van der Waals surface area contributed by atoms with Crippen LogP contribution in [0.1, 0.15) is 30.9 Å². The van der Waals surface area contributed by atoms with Crippen molar-refractivity contribution in [2.24, 2.45) is 0 Å². The Hall–Kier alpha value is -2.48. The second-order valence-electron chi connectivity index (χ2n) is 6.44. The molecule has 0 aliphatic carbocycles. The summed E-state index contributed by atoms with van der Waals surface area (Å²) in [6, 6.07) is 3.96. The number of ether oxygens (including phenoxy) is 1. The molecule has 1 amide bonds. The number of amides is 1. The lowest BCUT2D eigenvalue weighted by Crippen LogP contribution is -2.50. The average molecular weight is 406 g/mol. The normalized spacial score (nSPS) is 12.0. The van der Waals surface area contributed by atoms with Crippen LogP contribution in [0.2, 0.25) is 0 Å². The summed E-state index contributed by atoms with van der Waals surface area (Å²) >= 11 is 1.29. The van der Waals surface area contributed by atoms with Gasteiger partial charge in [-0.15, -0.1) is 0 Å². The van der Waals surface area contributed by atoms with Crippen LogP contribution in [0.5, 0.6) is 5.75 Å². The van der Waals surface area contributed by atoms with E-state index in [1.54, 1.807) is 25.3 Å². The molecule has 1 atom stereocenters. The molecule has 2 rings (SSSR count). The van der Waals surface area contributed by atoms with Crippen molar-refractivity contribution in [3.05, 3.63) is 39.7 Å². The van der Waals surface area contributed by atoms with Gasteiger partial charge in [0.05, 0.1) is 12.0 Å². The first-order valence-corrected chi connectivity index (χ1v) is 10.4. The fourth-order valence-electron chi connectivity index (χ4n) is 2.85. The summed E-state index contributed by atoms with van der Waals surface area (Å²) in [5.74, 6) is -1.31. The molecule has 8 heteroatoms. The van der Waals surface area contributed by atoms with E-state index in [-0.39, 0.29) is 12.4 Å². The van der Waals surface area contributed by atoms with E-state index in [0.717, 1.165) is 30.2 Å². The van der Waals surface area contributed by atoms with Crippen LogP contribution in [-0.4, -0.2) is 36.5 Å². The minimum atomic E-state index is -1.34. The maximum atomic E-state index is 12.0. The Balaban J connectivity index is 2.17. The summed E-state index contributed by atoms with van der Waals surface area (Å²) in [7, 11) is 0. The van der Waals surface area contributed by atoms with E-state index in [4.69, 9.17) is 9.15 Å². The topological polar surface area (TPSA) is 109 Å². The summed E-state index contributed by atoms with van der Waals surface area (Å²) in [5, 5.41) is 14.2. The zero-order valence-electron chi connectivity index (χ0n) is 16.2. The van der Waals surface area contributed by atoms with Gasteiger partial charge >= 0.3 is 5.63 Å². The molecule has 152 valence electrons. The number of hydrogen-bond donors (Lipinski definition) is 1. The first-order chi connectivity index (χ1) is 13.4. The van der Waals surface area contributed by atoms with Crippen molar-refractivity contribution < 1.29 is 23.8 Å². The summed E-state index contributed by atoms with van der Waals surface area (Å²) in [4.78, 5) is 34.9. The predicted molar refractivity (Wildman–Crippen MR) is 107 cm³/mol. The fraction of sp³-hybridized carbons (Fsp3) is 0.450. The van der Waals surface area contributed by atoms with Gasteiger partial charge in [0.25, 0.3) is 5.91 Å². The van der Waals surface area contributed by atoms with Crippen molar-refractivity contribution in [3.63, 3.8) is 0 Å². The molecular weight excluding hydrogens is 382 g/mol. The van der Waals surface area contributed by atoms with Crippen molar-refractivity contribution >= 4 is 34.6 Å². The molecule has 0 spiro atoms. The van der Waals surface area contributed by atoms with Crippen LogP contribution in [0.25, 0.3) is 11.0 Å². The van der Waals surface area contributed by atoms with E-state index < -0.39 is 23.5 Å². The number of carboxylic acid groups (broad SMARTS) is 1. The molecule has 1 heterocycles. The van der Waals surface area contributed by atoms with Crippen molar-refractivity contribution in [1.82, 2.24) is 5.32 Å². The number of benzene rings is 1. The standard InChI is InChI=1S/C20H25NO6S/c1-4-5-6-13-9-18(23)27-19-12(2)16(8-7-14(13)19)26-10-17(22)21-15(11-28-3)20(24)25/h7-9,15H,4-6,10-11H2,1-3H3,(H,21,22)(H,24,25)/p-1/t15-/m0/s1. The highest BCUT2D eigenvalue weighted by Gasteiger charge is 2.15. The third kappa shape index (κ3) is 5.51. The maximum Gasteiger partial charge on any atom is 0.336 e. The first kappa shape index (κ1) is 21.8. The second kappa shape index (κ2) is 10.2. The van der Waals surface area contributed by atoms with Crippen LogP contribution in [0.4, 0.5) is 0 Å². The number of carbonyl (C=O) groups is 2. The molecule has 2 aromatic rings. The van der Waals surface area contributed by atoms with Gasteiger partial charge in [-0.1, -0.05) is 13.3 Å². The molecule has 28 heavy (non-hydrogen) atoms. The minimum Gasteiger partial charge on any atom is -0.548 e. The molecule has 1 N–H and O–H groups in total. The molecule has 0 saturated heterocycles. The van der Waals surface area contributed by atoms with Crippen LogP contribution in [0, 0.1) is 6.92 Å². The largest absolute Gasteiger partial charge is 0.548 e. The number of aliphatic carboxylic acids is 1. The maximum absolute atomic E-state index is 12.0. The van der Waals surface area contributed by atoms with Crippen LogP contribution >= 0.6 is 11.8 Å². The lowest BCUT2D eigenvalue weighted by atomic mass is 10.0. The first-order valence-electron chi connectivity index (χ1n) is 9.05. The zero-order valence-corrected chi connectivity index (χ0v) is 17.0. The number of thioether (sulfide) groups is 1. The second-order valence-corrected chi connectivity index (χ2v) is 7.35. The number of carboxylic acids is 1. The quantitative estimate of drug-likeness (QED) is 0.594. The number of fused-ring (bicyclic) bond motifs is 1.